The third kappa shape index (κ3) is 4.33. The van der Waals surface area contributed by atoms with Crippen LogP contribution < -0.4 is 4.90 Å². The smallest absolute Gasteiger partial charge is 0.355 e. The lowest BCUT2D eigenvalue weighted by atomic mass is 10.2. The number of rotatable bonds is 6. The molecule has 136 valence electrons. The Morgan fingerprint density at radius 3 is 2.59 bits per heavy atom. The highest BCUT2D eigenvalue weighted by atomic mass is 16.5. The number of hydrogen-bond acceptors (Lipinski definition) is 4. The van der Waals surface area contributed by atoms with Crippen LogP contribution in [0.15, 0.2) is 54.6 Å². The number of esters is 1. The number of benzene rings is 2. The molecule has 0 atom stereocenters. The van der Waals surface area contributed by atoms with Crippen LogP contribution in [0.1, 0.15) is 22.5 Å². The SMILES string of the molecule is Cc1ccc(N(CCC#N)C(=O)COC(=O)c2cc3ccccc3[nH]2)cc1. The largest absolute Gasteiger partial charge is 0.451 e. The van der Waals surface area contributed by atoms with Crippen LogP contribution in [0.3, 0.4) is 0 Å². The number of aryl methyl sites for hydroxylation is 1. The van der Waals surface area contributed by atoms with Crippen molar-refractivity contribution >= 4 is 28.5 Å². The van der Waals surface area contributed by atoms with Crippen LogP contribution in [0.5, 0.6) is 0 Å². The summed E-state index contributed by atoms with van der Waals surface area (Å²) < 4.78 is 5.18. The molecule has 6 heteroatoms. The molecule has 0 saturated heterocycles. The molecular formula is C21H19N3O3. The number of nitriles is 1. The molecule has 0 bridgehead atoms. The Morgan fingerprint density at radius 1 is 1.15 bits per heavy atom. The number of hydrogen-bond donors (Lipinski definition) is 1. The minimum atomic E-state index is -0.594. The van der Waals surface area contributed by atoms with E-state index in [-0.39, 0.29) is 18.9 Å². The van der Waals surface area contributed by atoms with Gasteiger partial charge >= 0.3 is 5.97 Å². The lowest BCUT2D eigenvalue weighted by Gasteiger charge is -2.21. The van der Waals surface area contributed by atoms with Crippen molar-refractivity contribution in [3.8, 4) is 6.07 Å². The molecule has 1 N–H and O–H groups in total. The van der Waals surface area contributed by atoms with E-state index in [0.717, 1.165) is 16.5 Å². The molecule has 27 heavy (non-hydrogen) atoms. The van der Waals surface area contributed by atoms with Crippen molar-refractivity contribution in [1.29, 1.82) is 5.26 Å². The zero-order chi connectivity index (χ0) is 19.2. The maximum absolute atomic E-state index is 12.6. The molecule has 0 aliphatic carbocycles. The summed E-state index contributed by atoms with van der Waals surface area (Å²) in [5, 5.41) is 9.74. The second kappa shape index (κ2) is 8.19. The van der Waals surface area contributed by atoms with E-state index in [4.69, 9.17) is 10.00 Å². The number of anilines is 1. The van der Waals surface area contributed by atoms with E-state index < -0.39 is 12.6 Å². The summed E-state index contributed by atoms with van der Waals surface area (Å²) in [6.07, 6.45) is 0.190. The van der Waals surface area contributed by atoms with Gasteiger partial charge in [0.15, 0.2) is 6.61 Å². The number of aromatic nitrogens is 1. The fourth-order valence-electron chi connectivity index (χ4n) is 2.75. The predicted octanol–water partition coefficient (Wildman–Crippen LogP) is 3.58. The maximum Gasteiger partial charge on any atom is 0.355 e. The van der Waals surface area contributed by atoms with Crippen LogP contribution in [0.2, 0.25) is 0 Å². The van der Waals surface area contributed by atoms with E-state index in [2.05, 4.69) is 4.98 Å². The van der Waals surface area contributed by atoms with Crippen LogP contribution in [0, 0.1) is 18.3 Å². The van der Waals surface area contributed by atoms with Crippen molar-refractivity contribution in [2.45, 2.75) is 13.3 Å². The number of nitrogens with zero attached hydrogens (tertiary/aromatic N) is 2. The first-order valence-electron chi connectivity index (χ1n) is 8.57. The first-order chi connectivity index (χ1) is 13.1. The molecule has 0 unspecified atom stereocenters. The molecule has 6 nitrogen and oxygen atoms in total. The third-order valence-electron chi connectivity index (χ3n) is 4.17. The first-order valence-corrected chi connectivity index (χ1v) is 8.57. The van der Waals surface area contributed by atoms with Crippen molar-refractivity contribution in [3.63, 3.8) is 0 Å². The Bertz CT molecular complexity index is 966. The summed E-state index contributed by atoms with van der Waals surface area (Å²) in [6.45, 7) is 1.79. The molecule has 3 rings (SSSR count). The van der Waals surface area contributed by atoms with E-state index >= 15 is 0 Å². The molecule has 0 aliphatic rings. The summed E-state index contributed by atoms with van der Waals surface area (Å²) in [7, 11) is 0. The van der Waals surface area contributed by atoms with Gasteiger partial charge in [0, 0.05) is 23.1 Å². The van der Waals surface area contributed by atoms with Gasteiger partial charge in [0.25, 0.3) is 5.91 Å². The molecule has 0 radical (unpaired) electrons. The summed E-state index contributed by atoms with van der Waals surface area (Å²) in [6, 6.07) is 18.6. The predicted molar refractivity (Wildman–Crippen MR) is 102 cm³/mol. The Labute approximate surface area is 157 Å². The number of carbonyl (C=O) groups excluding carboxylic acids is 2. The van der Waals surface area contributed by atoms with Crippen LogP contribution in [-0.4, -0.2) is 30.0 Å². The zero-order valence-corrected chi connectivity index (χ0v) is 14.9. The van der Waals surface area contributed by atoms with Gasteiger partial charge in [-0.15, -0.1) is 0 Å². The number of nitrogens with one attached hydrogen (secondary N) is 1. The van der Waals surface area contributed by atoms with Crippen molar-refractivity contribution in [3.05, 3.63) is 65.9 Å². The summed E-state index contributed by atoms with van der Waals surface area (Å²) in [5.74, 6) is -0.970. The fourth-order valence-corrected chi connectivity index (χ4v) is 2.75. The zero-order valence-electron chi connectivity index (χ0n) is 14.9. The first kappa shape index (κ1) is 18.2. The van der Waals surface area contributed by atoms with Gasteiger partial charge in [-0.2, -0.15) is 5.26 Å². The van der Waals surface area contributed by atoms with Crippen molar-refractivity contribution in [1.82, 2.24) is 4.98 Å². The Hall–Kier alpha value is -3.59. The number of fused-ring (bicyclic) bond motifs is 1. The molecule has 1 amide bonds. The summed E-state index contributed by atoms with van der Waals surface area (Å²) in [4.78, 5) is 29.3. The monoisotopic (exact) mass is 361 g/mol. The van der Waals surface area contributed by atoms with Crippen LogP contribution >= 0.6 is 0 Å². The topological polar surface area (TPSA) is 86.2 Å². The van der Waals surface area contributed by atoms with Gasteiger partial charge in [0.05, 0.1) is 12.5 Å². The van der Waals surface area contributed by atoms with E-state index in [1.165, 1.54) is 4.90 Å². The normalized spacial score (nSPS) is 10.4. The van der Waals surface area contributed by atoms with Gasteiger partial charge in [-0.25, -0.2) is 4.79 Å². The fraction of sp³-hybridized carbons (Fsp3) is 0.190. The summed E-state index contributed by atoms with van der Waals surface area (Å²) in [5.41, 5.74) is 2.85. The average Bonchev–Trinajstić information content (AvgIpc) is 3.12. The van der Waals surface area contributed by atoms with Crippen LogP contribution in [-0.2, 0) is 9.53 Å². The highest BCUT2D eigenvalue weighted by Gasteiger charge is 2.19. The second-order valence-corrected chi connectivity index (χ2v) is 6.14. The number of ether oxygens (including phenoxy) is 1. The minimum Gasteiger partial charge on any atom is -0.451 e. The van der Waals surface area contributed by atoms with Crippen LogP contribution in [0.4, 0.5) is 5.69 Å². The van der Waals surface area contributed by atoms with Crippen molar-refractivity contribution in [2.75, 3.05) is 18.1 Å². The van der Waals surface area contributed by atoms with Gasteiger partial charge in [-0.05, 0) is 31.2 Å². The standard InChI is InChI=1S/C21H19N3O3/c1-15-7-9-17(10-8-15)24(12-4-11-22)20(25)14-27-21(26)19-13-16-5-2-3-6-18(16)23-19/h2-3,5-10,13,23H,4,12,14H2,1H3. The molecule has 3 aromatic rings. The van der Waals surface area contributed by atoms with Gasteiger partial charge in [0.2, 0.25) is 0 Å². The quantitative estimate of drug-likeness (QED) is 0.680. The van der Waals surface area contributed by atoms with Gasteiger partial charge in [-0.1, -0.05) is 35.9 Å². The minimum absolute atomic E-state index is 0.190. The number of aromatic amines is 1. The van der Waals surface area contributed by atoms with E-state index in [1.807, 2.05) is 61.5 Å². The average molecular weight is 361 g/mol. The number of carbonyl (C=O) groups is 2. The molecule has 0 aliphatic heterocycles. The number of amides is 1. The Morgan fingerprint density at radius 2 is 1.89 bits per heavy atom. The van der Waals surface area contributed by atoms with Crippen molar-refractivity contribution in [2.24, 2.45) is 0 Å². The van der Waals surface area contributed by atoms with Crippen LogP contribution in [0.25, 0.3) is 10.9 Å². The molecule has 0 spiro atoms. The number of para-hydroxylation sites is 1. The third-order valence-corrected chi connectivity index (χ3v) is 4.17. The summed E-state index contributed by atoms with van der Waals surface area (Å²) >= 11 is 0. The Kier molecular flexibility index (Phi) is 5.53. The molecule has 1 aromatic heterocycles. The highest BCUT2D eigenvalue weighted by Crippen LogP contribution is 2.17. The lowest BCUT2D eigenvalue weighted by Crippen LogP contribution is -2.35. The molecular weight excluding hydrogens is 342 g/mol. The molecule has 2 aromatic carbocycles. The van der Waals surface area contributed by atoms with Gasteiger partial charge in [0.1, 0.15) is 5.69 Å². The van der Waals surface area contributed by atoms with E-state index in [1.54, 1.807) is 6.07 Å². The lowest BCUT2D eigenvalue weighted by molar-refractivity contribution is -0.121. The molecule has 0 saturated carbocycles. The van der Waals surface area contributed by atoms with E-state index in [0.29, 0.717) is 11.4 Å². The Balaban J connectivity index is 1.68. The maximum atomic E-state index is 12.6. The van der Waals surface area contributed by atoms with Gasteiger partial charge in [-0.3, -0.25) is 4.79 Å². The number of H-pyrrole nitrogens is 1. The molecule has 0 fully saturated rings. The van der Waals surface area contributed by atoms with E-state index in [9.17, 15) is 9.59 Å². The van der Waals surface area contributed by atoms with Crippen molar-refractivity contribution < 1.29 is 14.3 Å². The molecule has 1 heterocycles. The second-order valence-electron chi connectivity index (χ2n) is 6.14. The highest BCUT2D eigenvalue weighted by molar-refractivity contribution is 5.98. The van der Waals surface area contributed by atoms with Gasteiger partial charge < -0.3 is 14.6 Å².